The molecule has 1 aliphatic heterocycles. The molecule has 1 aliphatic rings. The third kappa shape index (κ3) is 2.21. The zero-order valence-corrected chi connectivity index (χ0v) is 10.8. The van der Waals surface area contributed by atoms with E-state index in [9.17, 15) is 0 Å². The first-order valence-corrected chi connectivity index (χ1v) is 6.37. The minimum absolute atomic E-state index is 0.132. The maximum absolute atomic E-state index is 7.66. The zero-order chi connectivity index (χ0) is 11.5. The Bertz CT molecular complexity index is 397. The highest BCUT2D eigenvalue weighted by Crippen LogP contribution is 2.29. The molecule has 0 saturated carbocycles. The predicted molar refractivity (Wildman–Crippen MR) is 71.2 cm³/mol. The summed E-state index contributed by atoms with van der Waals surface area (Å²) in [4.78, 5) is 2.32. The van der Waals surface area contributed by atoms with Crippen LogP contribution in [0.4, 0.5) is 5.69 Å². The summed E-state index contributed by atoms with van der Waals surface area (Å²) in [5.41, 5.74) is 7.56. The van der Waals surface area contributed by atoms with Gasteiger partial charge in [-0.3, -0.25) is 5.41 Å². The molecule has 0 aliphatic carbocycles. The molecule has 3 N–H and O–H groups in total. The van der Waals surface area contributed by atoms with Crippen LogP contribution in [0.1, 0.15) is 24.8 Å². The van der Waals surface area contributed by atoms with Crippen molar-refractivity contribution in [1.29, 1.82) is 5.41 Å². The van der Waals surface area contributed by atoms with Gasteiger partial charge in [0, 0.05) is 23.2 Å². The van der Waals surface area contributed by atoms with Crippen LogP contribution in [0.2, 0.25) is 0 Å². The number of nitrogens with two attached hydrogens (primary N) is 1. The van der Waals surface area contributed by atoms with Gasteiger partial charge in [0.15, 0.2) is 0 Å². The highest BCUT2D eigenvalue weighted by atomic mass is 79.9. The van der Waals surface area contributed by atoms with Gasteiger partial charge in [-0.05, 0) is 47.3 Å². The summed E-state index contributed by atoms with van der Waals surface area (Å²) in [5.74, 6) is 0.132. The Kier molecular flexibility index (Phi) is 3.49. The fourth-order valence-corrected chi connectivity index (χ4v) is 2.75. The van der Waals surface area contributed by atoms with Crippen molar-refractivity contribution < 1.29 is 0 Å². The van der Waals surface area contributed by atoms with Crippen molar-refractivity contribution in [3.05, 3.63) is 28.2 Å². The third-order valence-corrected chi connectivity index (χ3v) is 3.62. The molecule has 0 amide bonds. The van der Waals surface area contributed by atoms with E-state index in [2.05, 4.69) is 20.8 Å². The molecular weight excluding hydrogens is 266 g/mol. The lowest BCUT2D eigenvalue weighted by atomic mass is 10.1. The summed E-state index contributed by atoms with van der Waals surface area (Å²) < 4.78 is 0.906. The second kappa shape index (κ2) is 4.87. The highest BCUT2D eigenvalue weighted by Gasteiger charge is 2.17. The van der Waals surface area contributed by atoms with E-state index in [1.165, 1.54) is 19.3 Å². The van der Waals surface area contributed by atoms with Gasteiger partial charge in [0.2, 0.25) is 0 Å². The lowest BCUT2D eigenvalue weighted by Gasteiger charge is -2.30. The lowest BCUT2D eigenvalue weighted by Crippen LogP contribution is -2.31. The molecule has 0 unspecified atom stereocenters. The highest BCUT2D eigenvalue weighted by molar-refractivity contribution is 9.10. The summed E-state index contributed by atoms with van der Waals surface area (Å²) in [5, 5.41) is 7.66. The molecule has 1 fully saturated rings. The van der Waals surface area contributed by atoms with Crippen LogP contribution in [-0.2, 0) is 0 Å². The monoisotopic (exact) mass is 281 g/mol. The Balaban J connectivity index is 2.38. The van der Waals surface area contributed by atoms with Crippen molar-refractivity contribution in [1.82, 2.24) is 0 Å². The van der Waals surface area contributed by atoms with Crippen LogP contribution in [0.3, 0.4) is 0 Å². The number of rotatable bonds is 2. The van der Waals surface area contributed by atoms with E-state index in [0.29, 0.717) is 0 Å². The summed E-state index contributed by atoms with van der Waals surface area (Å²) in [6, 6.07) is 5.98. The number of nitrogen functional groups attached to an aromatic ring is 1. The Labute approximate surface area is 104 Å². The van der Waals surface area contributed by atoms with Crippen LogP contribution in [-0.4, -0.2) is 18.9 Å². The fourth-order valence-electron chi connectivity index (χ4n) is 2.18. The molecule has 0 spiro atoms. The van der Waals surface area contributed by atoms with Gasteiger partial charge in [-0.1, -0.05) is 6.07 Å². The van der Waals surface area contributed by atoms with E-state index in [-0.39, 0.29) is 5.84 Å². The molecular formula is C12H16BrN3. The number of nitrogens with one attached hydrogen (secondary N) is 1. The van der Waals surface area contributed by atoms with Gasteiger partial charge in [0.05, 0.1) is 5.56 Å². The molecule has 0 atom stereocenters. The molecule has 0 aromatic heterocycles. The Morgan fingerprint density at radius 1 is 1.25 bits per heavy atom. The van der Waals surface area contributed by atoms with E-state index >= 15 is 0 Å². The van der Waals surface area contributed by atoms with Crippen molar-refractivity contribution in [3.8, 4) is 0 Å². The van der Waals surface area contributed by atoms with Crippen molar-refractivity contribution in [2.75, 3.05) is 18.0 Å². The first-order chi connectivity index (χ1) is 7.70. The van der Waals surface area contributed by atoms with Crippen LogP contribution in [0.5, 0.6) is 0 Å². The molecule has 1 aromatic carbocycles. The number of nitrogens with zero attached hydrogens (tertiary/aromatic N) is 1. The number of anilines is 1. The molecule has 4 heteroatoms. The summed E-state index contributed by atoms with van der Waals surface area (Å²) >= 11 is 3.47. The topological polar surface area (TPSA) is 53.1 Å². The summed E-state index contributed by atoms with van der Waals surface area (Å²) in [7, 11) is 0. The van der Waals surface area contributed by atoms with Gasteiger partial charge in [-0.2, -0.15) is 0 Å². The third-order valence-electron chi connectivity index (χ3n) is 2.96. The molecule has 3 nitrogen and oxygen atoms in total. The van der Waals surface area contributed by atoms with Crippen LogP contribution in [0.25, 0.3) is 0 Å². The Hall–Kier alpha value is -1.03. The van der Waals surface area contributed by atoms with Crippen molar-refractivity contribution >= 4 is 27.5 Å². The van der Waals surface area contributed by atoms with E-state index in [4.69, 9.17) is 11.1 Å². The van der Waals surface area contributed by atoms with Gasteiger partial charge in [-0.15, -0.1) is 0 Å². The molecule has 1 saturated heterocycles. The average molecular weight is 282 g/mol. The number of halogens is 1. The molecule has 2 rings (SSSR count). The standard InChI is InChI=1S/C12H16BrN3/c13-9-5-4-6-10(11(9)12(14)15)16-7-2-1-3-8-16/h4-6H,1-3,7-8H2,(H3,14,15). The van der Waals surface area contributed by atoms with Gasteiger partial charge < -0.3 is 10.6 Å². The first kappa shape index (κ1) is 11.5. The zero-order valence-electron chi connectivity index (χ0n) is 9.17. The normalized spacial score (nSPS) is 16.2. The van der Waals surface area contributed by atoms with Crippen LogP contribution in [0, 0.1) is 5.41 Å². The first-order valence-electron chi connectivity index (χ1n) is 5.58. The van der Waals surface area contributed by atoms with Gasteiger partial charge in [-0.25, -0.2) is 0 Å². The van der Waals surface area contributed by atoms with Crippen molar-refractivity contribution in [2.45, 2.75) is 19.3 Å². The SMILES string of the molecule is N=C(N)c1c(Br)cccc1N1CCCCC1. The summed E-state index contributed by atoms with van der Waals surface area (Å²) in [6.07, 6.45) is 3.76. The van der Waals surface area contributed by atoms with E-state index in [1.54, 1.807) is 0 Å². The lowest BCUT2D eigenvalue weighted by molar-refractivity contribution is 0.577. The molecule has 0 radical (unpaired) electrons. The molecule has 1 heterocycles. The van der Waals surface area contributed by atoms with Crippen LogP contribution < -0.4 is 10.6 Å². The van der Waals surface area contributed by atoms with Gasteiger partial charge in [0.25, 0.3) is 0 Å². The summed E-state index contributed by atoms with van der Waals surface area (Å²) in [6.45, 7) is 2.13. The average Bonchev–Trinajstić information content (AvgIpc) is 2.29. The second-order valence-corrected chi connectivity index (χ2v) is 4.95. The number of piperidine rings is 1. The largest absolute Gasteiger partial charge is 0.384 e. The molecule has 86 valence electrons. The Morgan fingerprint density at radius 3 is 2.56 bits per heavy atom. The molecule has 1 aromatic rings. The fraction of sp³-hybridized carbons (Fsp3) is 0.417. The van der Waals surface area contributed by atoms with Crippen LogP contribution in [0.15, 0.2) is 22.7 Å². The number of hydrogen-bond donors (Lipinski definition) is 2. The van der Waals surface area contributed by atoms with Gasteiger partial charge in [0.1, 0.15) is 5.84 Å². The smallest absolute Gasteiger partial charge is 0.126 e. The predicted octanol–water partition coefficient (Wildman–Crippen LogP) is 2.72. The maximum atomic E-state index is 7.66. The maximum Gasteiger partial charge on any atom is 0.126 e. The van der Waals surface area contributed by atoms with Gasteiger partial charge >= 0.3 is 0 Å². The van der Waals surface area contributed by atoms with E-state index in [0.717, 1.165) is 28.8 Å². The van der Waals surface area contributed by atoms with Crippen LogP contribution >= 0.6 is 15.9 Å². The van der Waals surface area contributed by atoms with E-state index < -0.39 is 0 Å². The molecule has 0 bridgehead atoms. The van der Waals surface area contributed by atoms with Crippen molar-refractivity contribution in [3.63, 3.8) is 0 Å². The Morgan fingerprint density at radius 2 is 1.94 bits per heavy atom. The second-order valence-electron chi connectivity index (χ2n) is 4.10. The number of hydrogen-bond acceptors (Lipinski definition) is 2. The number of amidine groups is 1. The molecule has 16 heavy (non-hydrogen) atoms. The minimum Gasteiger partial charge on any atom is -0.384 e. The minimum atomic E-state index is 0.132. The number of benzene rings is 1. The van der Waals surface area contributed by atoms with E-state index in [1.807, 2.05) is 18.2 Å². The quantitative estimate of drug-likeness (QED) is 0.647. The van der Waals surface area contributed by atoms with Crippen molar-refractivity contribution in [2.24, 2.45) is 5.73 Å².